The number of hydrogen-bond donors (Lipinski definition) is 1. The van der Waals surface area contributed by atoms with E-state index in [-0.39, 0.29) is 11.6 Å². The van der Waals surface area contributed by atoms with Crippen molar-refractivity contribution in [2.75, 3.05) is 5.73 Å². The van der Waals surface area contributed by atoms with E-state index in [0.717, 1.165) is 4.57 Å². The van der Waals surface area contributed by atoms with Crippen molar-refractivity contribution in [1.29, 1.82) is 0 Å². The quantitative estimate of drug-likeness (QED) is 0.246. The van der Waals surface area contributed by atoms with Crippen LogP contribution in [0.25, 0.3) is 38.6 Å². The molecule has 2 N–H and O–H groups in total. The van der Waals surface area contributed by atoms with Crippen LogP contribution in [0.3, 0.4) is 0 Å². The summed E-state index contributed by atoms with van der Waals surface area (Å²) in [6.07, 6.45) is 0.634. The molecule has 172 valence electrons. The van der Waals surface area contributed by atoms with Crippen LogP contribution in [0.2, 0.25) is 0 Å². The Morgan fingerprint density at radius 1 is 1.06 bits per heavy atom. The van der Waals surface area contributed by atoms with Gasteiger partial charge in [-0.25, -0.2) is 14.4 Å². The molecule has 0 amide bonds. The van der Waals surface area contributed by atoms with Gasteiger partial charge in [0.1, 0.15) is 5.83 Å². The zero-order valence-corrected chi connectivity index (χ0v) is 17.8. The summed E-state index contributed by atoms with van der Waals surface area (Å²) in [5.41, 5.74) is 5.44. The molecule has 34 heavy (non-hydrogen) atoms. The Morgan fingerprint density at radius 3 is 2.41 bits per heavy atom. The summed E-state index contributed by atoms with van der Waals surface area (Å²) in [6, 6.07) is 7.95. The number of aromatic nitrogens is 4. The van der Waals surface area contributed by atoms with Crippen LogP contribution in [0, 0.1) is 0 Å². The van der Waals surface area contributed by atoms with Crippen molar-refractivity contribution in [3.05, 3.63) is 89.4 Å². The Kier molecular flexibility index (Phi) is 5.74. The molecule has 0 radical (unpaired) electrons. The maximum atomic E-state index is 14.0. The first-order chi connectivity index (χ1) is 16.1. The largest absolute Gasteiger partial charge is 0.419 e. The molecule has 0 spiro atoms. The van der Waals surface area contributed by atoms with Crippen molar-refractivity contribution < 1.29 is 17.6 Å². The fourth-order valence-corrected chi connectivity index (χ4v) is 3.60. The fraction of sp³-hybridized carbons (Fsp3) is 0.0833. The van der Waals surface area contributed by atoms with Crippen molar-refractivity contribution in [2.45, 2.75) is 13.1 Å². The monoisotopic (exact) mass is 467 g/mol. The third-order valence-electron chi connectivity index (χ3n) is 5.17. The SMILES string of the molecule is C=C/C(F)=C(\C=C(/C)n1c(=O)ccc2cnc3ccc(-c4cnc(N)nc4)cc3c21)C(F)(F)F. The van der Waals surface area contributed by atoms with Crippen LogP contribution >= 0.6 is 0 Å². The van der Waals surface area contributed by atoms with Gasteiger partial charge in [-0.3, -0.25) is 14.3 Å². The average Bonchev–Trinajstić information content (AvgIpc) is 2.81. The molecule has 3 heterocycles. The van der Waals surface area contributed by atoms with E-state index in [2.05, 4.69) is 21.5 Å². The van der Waals surface area contributed by atoms with Crippen LogP contribution in [0.15, 0.2) is 83.8 Å². The number of benzene rings is 1. The molecule has 10 heteroatoms. The highest BCUT2D eigenvalue weighted by atomic mass is 19.4. The first-order valence-electron chi connectivity index (χ1n) is 9.90. The number of allylic oxidation sites excluding steroid dienone is 5. The van der Waals surface area contributed by atoms with Crippen LogP contribution in [0.4, 0.5) is 23.5 Å². The first-order valence-corrected chi connectivity index (χ1v) is 9.90. The molecule has 1 aromatic carbocycles. The fourth-order valence-electron chi connectivity index (χ4n) is 3.60. The van der Waals surface area contributed by atoms with Crippen molar-refractivity contribution >= 4 is 33.5 Å². The minimum atomic E-state index is -4.99. The van der Waals surface area contributed by atoms with E-state index in [1.807, 2.05) is 0 Å². The van der Waals surface area contributed by atoms with Crippen molar-refractivity contribution in [3.63, 3.8) is 0 Å². The number of anilines is 1. The van der Waals surface area contributed by atoms with Gasteiger partial charge in [0.15, 0.2) is 0 Å². The lowest BCUT2D eigenvalue weighted by molar-refractivity contribution is -0.0897. The smallest absolute Gasteiger partial charge is 0.368 e. The lowest BCUT2D eigenvalue weighted by Crippen LogP contribution is -2.19. The summed E-state index contributed by atoms with van der Waals surface area (Å²) in [5, 5.41) is 1.01. The number of nitrogens with two attached hydrogens (primary N) is 1. The molecule has 0 bridgehead atoms. The van der Waals surface area contributed by atoms with Crippen LogP contribution in [-0.4, -0.2) is 25.7 Å². The molecule has 3 aromatic heterocycles. The van der Waals surface area contributed by atoms with E-state index >= 15 is 0 Å². The Morgan fingerprint density at radius 2 is 1.76 bits per heavy atom. The zero-order valence-electron chi connectivity index (χ0n) is 17.8. The number of nitrogens with zero attached hydrogens (tertiary/aromatic N) is 4. The molecular weight excluding hydrogens is 450 g/mol. The minimum Gasteiger partial charge on any atom is -0.368 e. The Bertz CT molecular complexity index is 1550. The maximum absolute atomic E-state index is 14.0. The second-order valence-corrected chi connectivity index (χ2v) is 7.38. The molecule has 0 atom stereocenters. The predicted octanol–water partition coefficient (Wildman–Crippen LogP) is 5.42. The standard InChI is InChI=1S/C24H17F4N5O/c1-3-19(25)18(24(26,27)28)8-13(2)33-21(34)7-5-15-10-30-20-6-4-14(9-17(20)22(15)33)16-11-31-23(29)32-12-16/h3-12H,1H2,2H3,(H2,29,31,32)/b13-8+,19-18-. The number of halogens is 4. The summed E-state index contributed by atoms with van der Waals surface area (Å²) < 4.78 is 55.5. The molecule has 0 saturated carbocycles. The topological polar surface area (TPSA) is 86.7 Å². The van der Waals surface area contributed by atoms with E-state index in [9.17, 15) is 22.4 Å². The molecule has 4 rings (SSSR count). The van der Waals surface area contributed by atoms with Gasteiger partial charge in [-0.15, -0.1) is 0 Å². The Labute approximate surface area is 190 Å². The van der Waals surface area contributed by atoms with E-state index < -0.39 is 23.1 Å². The van der Waals surface area contributed by atoms with E-state index in [4.69, 9.17) is 5.73 Å². The van der Waals surface area contributed by atoms with Crippen molar-refractivity contribution in [2.24, 2.45) is 0 Å². The highest BCUT2D eigenvalue weighted by Crippen LogP contribution is 2.33. The van der Waals surface area contributed by atoms with Gasteiger partial charge in [0.2, 0.25) is 5.95 Å². The highest BCUT2D eigenvalue weighted by molar-refractivity contribution is 6.05. The van der Waals surface area contributed by atoms with Crippen LogP contribution in [-0.2, 0) is 0 Å². The maximum Gasteiger partial charge on any atom is 0.419 e. The van der Waals surface area contributed by atoms with Crippen LogP contribution < -0.4 is 11.3 Å². The number of alkyl halides is 3. The van der Waals surface area contributed by atoms with Crippen LogP contribution in [0.1, 0.15) is 6.92 Å². The summed E-state index contributed by atoms with van der Waals surface area (Å²) in [6.45, 7) is 4.37. The lowest BCUT2D eigenvalue weighted by Gasteiger charge is -2.15. The van der Waals surface area contributed by atoms with E-state index in [1.165, 1.54) is 37.6 Å². The molecule has 0 unspecified atom stereocenters. The molecule has 0 aliphatic rings. The van der Waals surface area contributed by atoms with Gasteiger partial charge in [0.25, 0.3) is 5.56 Å². The van der Waals surface area contributed by atoms with Gasteiger partial charge in [0.05, 0.1) is 16.6 Å². The third-order valence-corrected chi connectivity index (χ3v) is 5.17. The van der Waals surface area contributed by atoms with Crippen molar-refractivity contribution in [3.8, 4) is 11.1 Å². The summed E-state index contributed by atoms with van der Waals surface area (Å²) >= 11 is 0. The Balaban J connectivity index is 2.05. The molecule has 0 saturated heterocycles. The molecule has 4 aromatic rings. The van der Waals surface area contributed by atoms with Gasteiger partial charge in [-0.05, 0) is 42.8 Å². The zero-order chi connectivity index (χ0) is 24.6. The predicted molar refractivity (Wildman–Crippen MR) is 123 cm³/mol. The average molecular weight is 467 g/mol. The third kappa shape index (κ3) is 4.17. The summed E-state index contributed by atoms with van der Waals surface area (Å²) in [7, 11) is 0. The minimum absolute atomic E-state index is 0.103. The molecule has 0 fully saturated rings. The number of nitrogen functional groups attached to an aromatic ring is 1. The van der Waals surface area contributed by atoms with Crippen LogP contribution in [0.5, 0.6) is 0 Å². The molecule has 0 aliphatic carbocycles. The van der Waals surface area contributed by atoms with E-state index in [0.29, 0.717) is 45.1 Å². The van der Waals surface area contributed by atoms with Gasteiger partial charge < -0.3 is 5.73 Å². The normalized spacial score (nSPS) is 13.3. The second kappa shape index (κ2) is 8.54. The number of pyridine rings is 2. The van der Waals surface area contributed by atoms with Gasteiger partial charge in [-0.1, -0.05) is 12.6 Å². The number of fused-ring (bicyclic) bond motifs is 3. The number of hydrogen-bond acceptors (Lipinski definition) is 5. The Hall–Kier alpha value is -4.34. The van der Waals surface area contributed by atoms with Gasteiger partial charge >= 0.3 is 6.18 Å². The molecule has 6 nitrogen and oxygen atoms in total. The first kappa shape index (κ1) is 22.8. The molecular formula is C24H17F4N5O. The van der Waals surface area contributed by atoms with E-state index in [1.54, 1.807) is 18.2 Å². The summed E-state index contributed by atoms with van der Waals surface area (Å²) in [5.74, 6) is -1.44. The highest BCUT2D eigenvalue weighted by Gasteiger charge is 2.35. The van der Waals surface area contributed by atoms with Crippen molar-refractivity contribution in [1.82, 2.24) is 19.5 Å². The summed E-state index contributed by atoms with van der Waals surface area (Å²) in [4.78, 5) is 25.2. The molecule has 0 aliphatic heterocycles. The van der Waals surface area contributed by atoms with Gasteiger partial charge in [0, 0.05) is 46.7 Å². The second-order valence-electron chi connectivity index (χ2n) is 7.38. The van der Waals surface area contributed by atoms with Gasteiger partial charge in [-0.2, -0.15) is 13.2 Å². The number of rotatable bonds is 4. The lowest BCUT2D eigenvalue weighted by atomic mass is 10.0.